The summed E-state index contributed by atoms with van der Waals surface area (Å²) in [7, 11) is 0. The number of rotatable bonds is 5. The van der Waals surface area contributed by atoms with Gasteiger partial charge in [-0.25, -0.2) is 5.48 Å². The monoisotopic (exact) mass is 449 g/mol. The molecule has 1 atom stereocenters. The number of aliphatic imine (C=N–C) groups is 1. The molecule has 0 radical (unpaired) electrons. The van der Waals surface area contributed by atoms with Crippen molar-refractivity contribution >= 4 is 23.0 Å². The number of hydrogen-bond acceptors (Lipinski definition) is 7. The Morgan fingerprint density at radius 1 is 1.22 bits per heavy atom. The minimum absolute atomic E-state index is 0.162. The summed E-state index contributed by atoms with van der Waals surface area (Å²) in [6.45, 7) is 6.02. The van der Waals surface area contributed by atoms with Crippen LogP contribution < -0.4 is 5.48 Å². The molecule has 0 spiro atoms. The van der Waals surface area contributed by atoms with Gasteiger partial charge in [-0.3, -0.25) is 19.6 Å². The van der Waals surface area contributed by atoms with Crippen molar-refractivity contribution in [3.63, 3.8) is 0 Å². The zero-order chi connectivity index (χ0) is 22.8. The van der Waals surface area contributed by atoms with E-state index in [4.69, 9.17) is 10.2 Å². The molecule has 1 aromatic carbocycles. The zero-order valence-electron chi connectivity index (χ0n) is 18.0. The van der Waals surface area contributed by atoms with Gasteiger partial charge in [0.1, 0.15) is 16.9 Å². The quantitative estimate of drug-likeness (QED) is 0.312. The van der Waals surface area contributed by atoms with Crippen LogP contribution in [0.3, 0.4) is 0 Å². The van der Waals surface area contributed by atoms with E-state index in [1.54, 1.807) is 11.3 Å². The highest BCUT2D eigenvalue weighted by molar-refractivity contribution is 7.15. The molecule has 0 fully saturated rings. The van der Waals surface area contributed by atoms with E-state index in [9.17, 15) is 9.90 Å². The summed E-state index contributed by atoms with van der Waals surface area (Å²) in [6.07, 6.45) is 1.21. The average molecular weight is 450 g/mol. The van der Waals surface area contributed by atoms with Crippen molar-refractivity contribution in [1.29, 1.82) is 0 Å². The lowest BCUT2D eigenvalue weighted by Gasteiger charge is -2.11. The van der Waals surface area contributed by atoms with Crippen molar-refractivity contribution in [3.8, 4) is 17.0 Å². The van der Waals surface area contributed by atoms with E-state index < -0.39 is 12.0 Å². The first-order chi connectivity index (χ1) is 15.4. The molecule has 0 amide bonds. The number of hydrogen-bond donors (Lipinski definition) is 3. The van der Waals surface area contributed by atoms with Crippen LogP contribution in [-0.2, 0) is 11.2 Å². The Hall–Kier alpha value is -3.48. The Morgan fingerprint density at radius 3 is 2.66 bits per heavy atom. The molecule has 8 nitrogen and oxygen atoms in total. The zero-order valence-corrected chi connectivity index (χ0v) is 18.8. The second-order valence-electron chi connectivity index (χ2n) is 7.61. The third kappa shape index (κ3) is 4.02. The summed E-state index contributed by atoms with van der Waals surface area (Å²) in [4.78, 5) is 17.7. The fourth-order valence-electron chi connectivity index (χ4n) is 3.83. The Labute approximate surface area is 189 Å². The van der Waals surface area contributed by atoms with Crippen molar-refractivity contribution < 1.29 is 15.1 Å². The first-order valence-corrected chi connectivity index (χ1v) is 11.0. The molecule has 3 N–H and O–H groups in total. The van der Waals surface area contributed by atoms with Crippen LogP contribution >= 0.6 is 11.3 Å². The fourth-order valence-corrected chi connectivity index (χ4v) is 5.04. The maximum Gasteiger partial charge on any atom is 0.306 e. The number of carboxylic acid groups (broad SMARTS) is 1. The number of hydroxylamine groups is 1. The summed E-state index contributed by atoms with van der Waals surface area (Å²) >= 11 is 1.64. The molecule has 0 aliphatic carbocycles. The van der Waals surface area contributed by atoms with Crippen molar-refractivity contribution in [2.75, 3.05) is 0 Å². The topological polar surface area (TPSA) is 113 Å². The third-order valence-electron chi connectivity index (χ3n) is 5.52. The van der Waals surface area contributed by atoms with Gasteiger partial charge in [-0.05, 0) is 38.3 Å². The van der Waals surface area contributed by atoms with Gasteiger partial charge in [0.2, 0.25) is 0 Å². The predicted octanol–water partition coefficient (Wildman–Crippen LogP) is 3.49. The van der Waals surface area contributed by atoms with Crippen molar-refractivity contribution in [2.24, 2.45) is 4.99 Å². The SMILES string of the molecule is Cc1sc2c(c1C)C(c1ccc(CCC#CNO)cc1)=N[C@@H](CC(=O)O)c1nnc(C)n1-2. The predicted molar refractivity (Wildman–Crippen MR) is 122 cm³/mol. The number of aromatic nitrogens is 3. The van der Waals surface area contributed by atoms with Gasteiger partial charge >= 0.3 is 5.97 Å². The molecule has 9 heteroatoms. The minimum Gasteiger partial charge on any atom is -0.481 e. The lowest BCUT2D eigenvalue weighted by molar-refractivity contribution is -0.137. The molecule has 2 aromatic heterocycles. The Balaban J connectivity index is 1.82. The Morgan fingerprint density at radius 2 is 1.97 bits per heavy atom. The molecule has 3 heterocycles. The molecule has 0 saturated heterocycles. The smallest absolute Gasteiger partial charge is 0.306 e. The van der Waals surface area contributed by atoms with E-state index in [-0.39, 0.29) is 6.42 Å². The summed E-state index contributed by atoms with van der Waals surface area (Å²) in [6, 6.07) is 9.87. The van der Waals surface area contributed by atoms with Gasteiger partial charge in [-0.1, -0.05) is 30.2 Å². The van der Waals surface area contributed by atoms with E-state index in [0.717, 1.165) is 39.4 Å². The second-order valence-corrected chi connectivity index (χ2v) is 8.81. The van der Waals surface area contributed by atoms with E-state index >= 15 is 0 Å². The summed E-state index contributed by atoms with van der Waals surface area (Å²) < 4.78 is 1.95. The molecule has 164 valence electrons. The van der Waals surface area contributed by atoms with Crippen LogP contribution in [0.1, 0.15) is 57.7 Å². The molecule has 3 aromatic rings. The standard InChI is InChI=1S/C23H23N5O3S/c1-13-14(2)32-23-20(13)21(17-9-7-16(8-10-17)6-4-5-11-24-31)25-18(12-19(29)30)22-27-26-15(3)28(22)23/h7-10,18,24,31H,4,6,12H2,1-3H3,(H,29,30)/t18-/m0/s1. The molecule has 0 bridgehead atoms. The lowest BCUT2D eigenvalue weighted by atomic mass is 9.98. The normalized spacial score (nSPS) is 14.5. The van der Waals surface area contributed by atoms with Crippen LogP contribution in [0.15, 0.2) is 29.3 Å². The lowest BCUT2D eigenvalue weighted by Crippen LogP contribution is -2.10. The number of carboxylic acids is 1. The Bertz CT molecular complexity index is 1260. The molecule has 0 saturated carbocycles. The van der Waals surface area contributed by atoms with Gasteiger partial charge in [-0.15, -0.1) is 21.5 Å². The molecule has 1 aliphatic rings. The van der Waals surface area contributed by atoms with Crippen LogP contribution in [0.4, 0.5) is 0 Å². The number of thiophene rings is 1. The number of fused-ring (bicyclic) bond motifs is 3. The highest BCUT2D eigenvalue weighted by Gasteiger charge is 2.32. The van der Waals surface area contributed by atoms with Crippen molar-refractivity contribution in [3.05, 3.63) is 63.0 Å². The van der Waals surface area contributed by atoms with E-state index in [0.29, 0.717) is 18.1 Å². The van der Waals surface area contributed by atoms with Gasteiger partial charge in [0, 0.05) is 28.5 Å². The number of nitrogens with one attached hydrogen (secondary N) is 1. The maximum atomic E-state index is 11.6. The van der Waals surface area contributed by atoms with Crippen molar-refractivity contribution in [2.45, 2.75) is 46.1 Å². The number of aliphatic carboxylic acids is 1. The van der Waals surface area contributed by atoms with Gasteiger partial charge in [0.15, 0.2) is 5.82 Å². The van der Waals surface area contributed by atoms with Gasteiger partial charge in [-0.2, -0.15) is 0 Å². The van der Waals surface area contributed by atoms with Crippen LogP contribution in [0.25, 0.3) is 5.00 Å². The first kappa shape index (κ1) is 21.7. The first-order valence-electron chi connectivity index (χ1n) is 10.2. The van der Waals surface area contributed by atoms with Gasteiger partial charge < -0.3 is 5.11 Å². The summed E-state index contributed by atoms with van der Waals surface area (Å²) in [5, 5.41) is 27.5. The largest absolute Gasteiger partial charge is 0.481 e. The van der Waals surface area contributed by atoms with E-state index in [1.807, 2.05) is 41.2 Å². The highest BCUT2D eigenvalue weighted by Crippen LogP contribution is 2.39. The number of aryl methyl sites for hydroxylation is 3. The highest BCUT2D eigenvalue weighted by atomic mass is 32.1. The molecule has 32 heavy (non-hydrogen) atoms. The number of nitrogens with zero attached hydrogens (tertiary/aromatic N) is 4. The van der Waals surface area contributed by atoms with Gasteiger partial charge in [0.25, 0.3) is 0 Å². The van der Waals surface area contributed by atoms with Crippen LogP contribution in [0.5, 0.6) is 0 Å². The number of carbonyl (C=O) groups is 1. The summed E-state index contributed by atoms with van der Waals surface area (Å²) in [5.74, 6) is 3.15. The minimum atomic E-state index is -0.933. The molecule has 0 unspecified atom stereocenters. The molecular weight excluding hydrogens is 426 g/mol. The maximum absolute atomic E-state index is 11.6. The number of benzene rings is 1. The molecule has 4 rings (SSSR count). The van der Waals surface area contributed by atoms with Crippen molar-refractivity contribution in [1.82, 2.24) is 20.2 Å². The molecular formula is C23H23N5O3S. The second kappa shape index (κ2) is 8.94. The van der Waals surface area contributed by atoms with Crippen LogP contribution in [-0.4, -0.2) is 36.8 Å². The van der Waals surface area contributed by atoms with E-state index in [2.05, 4.69) is 36.0 Å². The van der Waals surface area contributed by atoms with E-state index in [1.165, 1.54) is 4.88 Å². The molecule has 1 aliphatic heterocycles. The van der Waals surface area contributed by atoms with Crippen LogP contribution in [0.2, 0.25) is 0 Å². The fraction of sp³-hybridized carbons (Fsp3) is 0.304. The average Bonchev–Trinajstić information content (AvgIpc) is 3.24. The third-order valence-corrected chi connectivity index (χ3v) is 6.71. The summed E-state index contributed by atoms with van der Waals surface area (Å²) in [5.41, 5.74) is 6.75. The Kier molecular flexibility index (Phi) is 6.08. The van der Waals surface area contributed by atoms with Crippen LogP contribution in [0, 0.1) is 32.7 Å². The van der Waals surface area contributed by atoms with Gasteiger partial charge in [0.05, 0.1) is 12.1 Å².